The Bertz CT molecular complexity index is 561. The Hall–Kier alpha value is -2.11. The average molecular weight is 307 g/mol. The maximum absolute atomic E-state index is 13.8. The summed E-state index contributed by atoms with van der Waals surface area (Å²) in [5, 5.41) is 2.66. The Kier molecular flexibility index (Phi) is 4.68. The van der Waals surface area contributed by atoms with E-state index in [1.807, 2.05) is 25.7 Å². The molecule has 6 heteroatoms. The Morgan fingerprint density at radius 3 is 2.23 bits per heavy atom. The van der Waals surface area contributed by atoms with E-state index in [9.17, 15) is 14.0 Å². The maximum atomic E-state index is 13.8. The molecule has 0 bridgehead atoms. The molecule has 120 valence electrons. The van der Waals surface area contributed by atoms with Crippen LogP contribution in [-0.4, -0.2) is 48.4 Å². The number of benzene rings is 1. The zero-order chi connectivity index (χ0) is 16.3. The molecule has 2 rings (SSSR count). The van der Waals surface area contributed by atoms with Crippen LogP contribution in [0.3, 0.4) is 0 Å². The quantitative estimate of drug-likeness (QED) is 0.798. The minimum Gasteiger partial charge on any atom is -0.366 e. The molecular weight excluding hydrogens is 285 g/mol. The largest absolute Gasteiger partial charge is 0.366 e. The monoisotopic (exact) mass is 307 g/mol. The number of piperazine rings is 1. The summed E-state index contributed by atoms with van der Waals surface area (Å²) in [6.45, 7) is 7.32. The first-order valence-electron chi connectivity index (χ1n) is 7.39. The van der Waals surface area contributed by atoms with Crippen molar-refractivity contribution in [2.45, 2.75) is 26.3 Å². The topological polar surface area (TPSA) is 52.7 Å². The molecule has 0 aliphatic carbocycles. The summed E-state index contributed by atoms with van der Waals surface area (Å²) in [6, 6.07) is 6.57. The number of nitrogens with zero attached hydrogens (tertiary/aromatic N) is 2. The molecule has 1 aliphatic heterocycles. The summed E-state index contributed by atoms with van der Waals surface area (Å²) in [7, 11) is 0. The lowest BCUT2D eigenvalue weighted by Crippen LogP contribution is -2.55. The van der Waals surface area contributed by atoms with Gasteiger partial charge in [0.15, 0.2) is 0 Å². The Morgan fingerprint density at radius 1 is 1.09 bits per heavy atom. The van der Waals surface area contributed by atoms with Gasteiger partial charge in [0.1, 0.15) is 5.82 Å². The molecule has 1 N–H and O–H groups in total. The number of anilines is 1. The lowest BCUT2D eigenvalue weighted by Gasteiger charge is -2.36. The smallest absolute Gasteiger partial charge is 0.312 e. The van der Waals surface area contributed by atoms with E-state index in [4.69, 9.17) is 0 Å². The lowest BCUT2D eigenvalue weighted by atomic mass is 10.1. The second kappa shape index (κ2) is 6.34. The molecular formula is C16H22FN3O2. The second-order valence-corrected chi connectivity index (χ2v) is 6.43. The molecule has 0 saturated carbocycles. The van der Waals surface area contributed by atoms with Gasteiger partial charge in [0.2, 0.25) is 0 Å². The standard InChI is InChI=1S/C16H22FN3O2/c1-16(2,3)18-14(21)15(22)20-10-8-19(9-11-20)13-7-5-4-6-12(13)17/h4-7H,8-11H2,1-3H3,(H,18,21). The van der Waals surface area contributed by atoms with Crippen LogP contribution >= 0.6 is 0 Å². The normalized spacial score (nSPS) is 15.6. The summed E-state index contributed by atoms with van der Waals surface area (Å²) >= 11 is 0. The highest BCUT2D eigenvalue weighted by Gasteiger charge is 2.28. The van der Waals surface area contributed by atoms with Crippen LogP contribution in [0.1, 0.15) is 20.8 Å². The molecule has 1 heterocycles. The van der Waals surface area contributed by atoms with Crippen molar-refractivity contribution in [3.63, 3.8) is 0 Å². The average Bonchev–Trinajstić information content (AvgIpc) is 2.45. The van der Waals surface area contributed by atoms with Crippen LogP contribution < -0.4 is 10.2 Å². The summed E-state index contributed by atoms with van der Waals surface area (Å²) in [4.78, 5) is 27.4. The molecule has 22 heavy (non-hydrogen) atoms. The number of para-hydroxylation sites is 1. The van der Waals surface area contributed by atoms with Gasteiger partial charge >= 0.3 is 11.8 Å². The highest BCUT2D eigenvalue weighted by Crippen LogP contribution is 2.20. The molecule has 0 aromatic heterocycles. The second-order valence-electron chi connectivity index (χ2n) is 6.43. The number of hydrogen-bond acceptors (Lipinski definition) is 3. The van der Waals surface area contributed by atoms with Crippen molar-refractivity contribution < 1.29 is 14.0 Å². The number of carbonyl (C=O) groups excluding carboxylic acids is 2. The van der Waals surface area contributed by atoms with Crippen LogP contribution in [0.15, 0.2) is 24.3 Å². The van der Waals surface area contributed by atoms with E-state index in [0.29, 0.717) is 31.9 Å². The van der Waals surface area contributed by atoms with E-state index < -0.39 is 17.4 Å². The van der Waals surface area contributed by atoms with E-state index in [2.05, 4.69) is 5.32 Å². The SMILES string of the molecule is CC(C)(C)NC(=O)C(=O)N1CCN(c2ccccc2F)CC1. The van der Waals surface area contributed by atoms with Crippen LogP contribution in [0, 0.1) is 5.82 Å². The Labute approximate surface area is 130 Å². The first-order valence-corrected chi connectivity index (χ1v) is 7.39. The van der Waals surface area contributed by atoms with Crippen LogP contribution in [-0.2, 0) is 9.59 Å². The van der Waals surface area contributed by atoms with Gasteiger partial charge in [-0.3, -0.25) is 9.59 Å². The van der Waals surface area contributed by atoms with E-state index in [-0.39, 0.29) is 5.82 Å². The highest BCUT2D eigenvalue weighted by molar-refractivity contribution is 6.35. The van der Waals surface area contributed by atoms with Gasteiger partial charge in [0.25, 0.3) is 0 Å². The minimum absolute atomic E-state index is 0.271. The molecule has 0 atom stereocenters. The van der Waals surface area contributed by atoms with Crippen LogP contribution in [0.25, 0.3) is 0 Å². The number of halogens is 1. The van der Waals surface area contributed by atoms with E-state index >= 15 is 0 Å². The molecule has 0 radical (unpaired) electrons. The number of carbonyl (C=O) groups is 2. The fraction of sp³-hybridized carbons (Fsp3) is 0.500. The van der Waals surface area contributed by atoms with Gasteiger partial charge in [0, 0.05) is 31.7 Å². The summed E-state index contributed by atoms with van der Waals surface area (Å²) in [5.41, 5.74) is 0.0931. The lowest BCUT2D eigenvalue weighted by molar-refractivity contribution is -0.146. The number of rotatable bonds is 1. The maximum Gasteiger partial charge on any atom is 0.312 e. The van der Waals surface area contributed by atoms with Crippen molar-refractivity contribution >= 4 is 17.5 Å². The molecule has 0 unspecified atom stereocenters. The number of nitrogens with one attached hydrogen (secondary N) is 1. The van der Waals surface area contributed by atoms with E-state index in [0.717, 1.165) is 0 Å². The van der Waals surface area contributed by atoms with Crippen molar-refractivity contribution in [2.75, 3.05) is 31.1 Å². The predicted octanol–water partition coefficient (Wildman–Crippen LogP) is 1.39. The van der Waals surface area contributed by atoms with Crippen molar-refractivity contribution in [2.24, 2.45) is 0 Å². The highest BCUT2D eigenvalue weighted by atomic mass is 19.1. The molecule has 1 aliphatic rings. The van der Waals surface area contributed by atoms with E-state index in [1.165, 1.54) is 11.0 Å². The first kappa shape index (κ1) is 16.3. The first-order chi connectivity index (χ1) is 10.3. The third kappa shape index (κ3) is 3.96. The number of amides is 2. The molecule has 1 aromatic carbocycles. The Morgan fingerprint density at radius 2 is 1.68 bits per heavy atom. The molecule has 0 spiro atoms. The molecule has 1 aromatic rings. The van der Waals surface area contributed by atoms with Gasteiger partial charge in [-0.2, -0.15) is 0 Å². The van der Waals surface area contributed by atoms with Crippen molar-refractivity contribution in [3.05, 3.63) is 30.1 Å². The van der Waals surface area contributed by atoms with Crippen LogP contribution in [0.2, 0.25) is 0 Å². The molecule has 2 amide bonds. The minimum atomic E-state index is -0.591. The fourth-order valence-corrected chi connectivity index (χ4v) is 2.40. The third-order valence-corrected chi connectivity index (χ3v) is 3.44. The van der Waals surface area contributed by atoms with Crippen molar-refractivity contribution in [1.82, 2.24) is 10.2 Å². The fourth-order valence-electron chi connectivity index (χ4n) is 2.40. The number of hydrogen-bond donors (Lipinski definition) is 1. The van der Waals surface area contributed by atoms with Crippen LogP contribution in [0.4, 0.5) is 10.1 Å². The van der Waals surface area contributed by atoms with Gasteiger partial charge < -0.3 is 15.1 Å². The van der Waals surface area contributed by atoms with Gasteiger partial charge in [-0.25, -0.2) is 4.39 Å². The molecule has 1 saturated heterocycles. The zero-order valence-corrected chi connectivity index (χ0v) is 13.2. The predicted molar refractivity (Wildman–Crippen MR) is 83.1 cm³/mol. The van der Waals surface area contributed by atoms with Gasteiger partial charge in [-0.05, 0) is 32.9 Å². The molecule has 5 nitrogen and oxygen atoms in total. The van der Waals surface area contributed by atoms with Crippen LogP contribution in [0.5, 0.6) is 0 Å². The summed E-state index contributed by atoms with van der Waals surface area (Å²) < 4.78 is 13.8. The summed E-state index contributed by atoms with van der Waals surface area (Å²) in [5.74, 6) is -1.39. The van der Waals surface area contributed by atoms with Crippen molar-refractivity contribution in [3.8, 4) is 0 Å². The molecule has 1 fully saturated rings. The zero-order valence-electron chi connectivity index (χ0n) is 13.2. The van der Waals surface area contributed by atoms with E-state index in [1.54, 1.807) is 18.2 Å². The van der Waals surface area contributed by atoms with Crippen molar-refractivity contribution in [1.29, 1.82) is 0 Å². The van der Waals surface area contributed by atoms with Gasteiger partial charge in [0.05, 0.1) is 5.69 Å². The Balaban J connectivity index is 1.93. The summed E-state index contributed by atoms with van der Waals surface area (Å²) in [6.07, 6.45) is 0. The third-order valence-electron chi connectivity index (χ3n) is 3.44. The van der Waals surface area contributed by atoms with Gasteiger partial charge in [-0.1, -0.05) is 12.1 Å². The van der Waals surface area contributed by atoms with Gasteiger partial charge in [-0.15, -0.1) is 0 Å².